The number of nitrogens with one attached hydrogen (secondary N) is 1. The molecule has 3 rings (SSSR count). The van der Waals surface area contributed by atoms with Crippen LogP contribution >= 0.6 is 0 Å². The fourth-order valence-corrected chi connectivity index (χ4v) is 3.71. The number of amides is 2. The van der Waals surface area contributed by atoms with E-state index in [4.69, 9.17) is 4.52 Å². The molecular formula is C22H28FN3O3. The van der Waals surface area contributed by atoms with Crippen LogP contribution in [0.1, 0.15) is 48.3 Å². The van der Waals surface area contributed by atoms with Crippen molar-refractivity contribution < 1.29 is 18.5 Å². The van der Waals surface area contributed by atoms with Crippen LogP contribution in [0.4, 0.5) is 4.39 Å². The molecule has 0 radical (unpaired) electrons. The summed E-state index contributed by atoms with van der Waals surface area (Å²) in [4.78, 5) is 26.5. The van der Waals surface area contributed by atoms with Crippen LogP contribution in [0.15, 0.2) is 28.8 Å². The number of piperidine rings is 1. The highest BCUT2D eigenvalue weighted by Crippen LogP contribution is 2.23. The van der Waals surface area contributed by atoms with E-state index in [1.54, 1.807) is 12.1 Å². The molecule has 0 bridgehead atoms. The van der Waals surface area contributed by atoms with Gasteiger partial charge in [-0.25, -0.2) is 4.39 Å². The van der Waals surface area contributed by atoms with E-state index in [2.05, 4.69) is 10.5 Å². The molecule has 1 N–H and O–H groups in total. The first-order chi connectivity index (χ1) is 13.9. The van der Waals surface area contributed by atoms with Gasteiger partial charge < -0.3 is 14.7 Å². The van der Waals surface area contributed by atoms with E-state index >= 15 is 0 Å². The number of hydrogen-bond donors (Lipinski definition) is 1. The molecule has 0 atom stereocenters. The smallest absolute Gasteiger partial charge is 0.227 e. The van der Waals surface area contributed by atoms with E-state index < -0.39 is 0 Å². The Labute approximate surface area is 170 Å². The minimum atomic E-state index is -0.281. The number of rotatable bonds is 7. The lowest BCUT2D eigenvalue weighted by Gasteiger charge is -2.32. The Bertz CT molecular complexity index is 820. The Morgan fingerprint density at radius 2 is 1.90 bits per heavy atom. The largest absolute Gasteiger partial charge is 0.361 e. The summed E-state index contributed by atoms with van der Waals surface area (Å²) in [5, 5.41) is 6.78. The highest BCUT2D eigenvalue weighted by atomic mass is 19.1. The number of halogens is 1. The van der Waals surface area contributed by atoms with Gasteiger partial charge in [-0.05, 0) is 56.7 Å². The predicted octanol–water partition coefficient (Wildman–Crippen LogP) is 3.31. The van der Waals surface area contributed by atoms with Crippen LogP contribution < -0.4 is 5.32 Å². The lowest BCUT2D eigenvalue weighted by molar-refractivity contribution is -0.132. The van der Waals surface area contributed by atoms with E-state index in [1.165, 1.54) is 12.1 Å². The Morgan fingerprint density at radius 3 is 2.52 bits per heavy atom. The summed E-state index contributed by atoms with van der Waals surface area (Å²) in [6, 6.07) is 6.13. The molecule has 2 heterocycles. The number of benzene rings is 1. The Hall–Kier alpha value is -2.70. The molecule has 1 aromatic carbocycles. The van der Waals surface area contributed by atoms with Gasteiger partial charge in [0.1, 0.15) is 11.6 Å². The molecule has 1 aliphatic heterocycles. The van der Waals surface area contributed by atoms with Gasteiger partial charge in [0, 0.05) is 31.6 Å². The fourth-order valence-electron chi connectivity index (χ4n) is 3.71. The zero-order chi connectivity index (χ0) is 20.8. The molecule has 0 spiro atoms. The van der Waals surface area contributed by atoms with Crippen LogP contribution in [0.2, 0.25) is 0 Å². The first-order valence-corrected chi connectivity index (χ1v) is 10.1. The Kier molecular flexibility index (Phi) is 7.01. The van der Waals surface area contributed by atoms with Crippen molar-refractivity contribution >= 4 is 11.8 Å². The second-order valence-corrected chi connectivity index (χ2v) is 7.75. The second kappa shape index (κ2) is 9.67. The van der Waals surface area contributed by atoms with E-state index in [0.717, 1.165) is 49.2 Å². The molecule has 1 saturated heterocycles. The summed E-state index contributed by atoms with van der Waals surface area (Å²) in [7, 11) is 0. The number of nitrogens with zero attached hydrogens (tertiary/aromatic N) is 2. The molecular weight excluding hydrogens is 373 g/mol. The lowest BCUT2D eigenvalue weighted by atomic mass is 9.91. The van der Waals surface area contributed by atoms with Crippen molar-refractivity contribution in [2.24, 2.45) is 5.92 Å². The summed E-state index contributed by atoms with van der Waals surface area (Å²) >= 11 is 0. The normalized spacial score (nSPS) is 14.8. The lowest BCUT2D eigenvalue weighted by Crippen LogP contribution is -2.39. The van der Waals surface area contributed by atoms with Crippen molar-refractivity contribution in [2.75, 3.05) is 13.1 Å². The van der Waals surface area contributed by atoms with Crippen LogP contribution in [0.25, 0.3) is 0 Å². The van der Waals surface area contributed by atoms with Gasteiger partial charge in [-0.15, -0.1) is 0 Å². The molecule has 2 aromatic rings. The van der Waals surface area contributed by atoms with E-state index in [1.807, 2.05) is 18.7 Å². The van der Waals surface area contributed by atoms with Gasteiger partial charge in [0.05, 0.1) is 12.1 Å². The summed E-state index contributed by atoms with van der Waals surface area (Å²) < 4.78 is 18.0. The second-order valence-electron chi connectivity index (χ2n) is 7.75. The van der Waals surface area contributed by atoms with E-state index in [-0.39, 0.29) is 17.6 Å². The zero-order valence-electron chi connectivity index (χ0n) is 17.0. The topological polar surface area (TPSA) is 75.4 Å². The maximum Gasteiger partial charge on any atom is 0.227 e. The minimum absolute atomic E-state index is 0.00578. The fraction of sp³-hybridized carbons (Fsp3) is 0.500. The van der Waals surface area contributed by atoms with Crippen molar-refractivity contribution in [1.82, 2.24) is 15.4 Å². The number of aromatic nitrogens is 1. The van der Waals surface area contributed by atoms with Crippen LogP contribution in [-0.2, 0) is 22.6 Å². The number of carbonyl (C=O) groups is 2. The zero-order valence-corrected chi connectivity index (χ0v) is 17.0. The first-order valence-electron chi connectivity index (χ1n) is 10.1. The molecule has 0 aliphatic carbocycles. The highest BCUT2D eigenvalue weighted by Gasteiger charge is 2.24. The van der Waals surface area contributed by atoms with Crippen molar-refractivity contribution in [3.05, 3.63) is 52.7 Å². The molecule has 1 fully saturated rings. The van der Waals surface area contributed by atoms with Crippen molar-refractivity contribution in [3.8, 4) is 0 Å². The third-order valence-electron chi connectivity index (χ3n) is 5.66. The van der Waals surface area contributed by atoms with Crippen molar-refractivity contribution in [1.29, 1.82) is 0 Å². The van der Waals surface area contributed by atoms with Crippen LogP contribution in [-0.4, -0.2) is 35.0 Å². The van der Waals surface area contributed by atoms with Gasteiger partial charge in [-0.3, -0.25) is 9.59 Å². The molecule has 0 saturated carbocycles. The van der Waals surface area contributed by atoms with Gasteiger partial charge >= 0.3 is 0 Å². The van der Waals surface area contributed by atoms with Crippen molar-refractivity contribution in [3.63, 3.8) is 0 Å². The summed E-state index contributed by atoms with van der Waals surface area (Å²) in [5.41, 5.74) is 2.54. The molecule has 29 heavy (non-hydrogen) atoms. The van der Waals surface area contributed by atoms with Gasteiger partial charge in [0.15, 0.2) is 0 Å². The molecule has 6 nitrogen and oxygen atoms in total. The van der Waals surface area contributed by atoms with Crippen LogP contribution in [0.5, 0.6) is 0 Å². The minimum Gasteiger partial charge on any atom is -0.361 e. The summed E-state index contributed by atoms with van der Waals surface area (Å²) in [6.45, 7) is 5.55. The van der Waals surface area contributed by atoms with Crippen LogP contribution in [0.3, 0.4) is 0 Å². The first kappa shape index (κ1) is 21.0. The molecule has 1 aliphatic rings. The SMILES string of the molecule is Cc1noc(C)c1CC(=O)N1CCC(CCC(=O)NCc2ccc(F)cc2)CC1. The third kappa shape index (κ3) is 5.89. The summed E-state index contributed by atoms with van der Waals surface area (Å²) in [6.07, 6.45) is 3.45. The number of likely N-dealkylation sites (tertiary alicyclic amines) is 1. The molecule has 1 aromatic heterocycles. The molecule has 0 unspecified atom stereocenters. The van der Waals surface area contributed by atoms with Gasteiger partial charge in [-0.1, -0.05) is 17.3 Å². The average molecular weight is 401 g/mol. The average Bonchev–Trinajstić information content (AvgIpc) is 3.04. The Balaban J connectivity index is 1.35. The molecule has 2 amide bonds. The van der Waals surface area contributed by atoms with E-state index in [0.29, 0.717) is 31.1 Å². The number of carbonyl (C=O) groups excluding carboxylic acids is 2. The monoisotopic (exact) mass is 401 g/mol. The number of aryl methyl sites for hydroxylation is 2. The van der Waals surface area contributed by atoms with Crippen molar-refractivity contribution in [2.45, 2.75) is 52.5 Å². The van der Waals surface area contributed by atoms with Crippen LogP contribution in [0, 0.1) is 25.6 Å². The quantitative estimate of drug-likeness (QED) is 0.772. The number of hydrogen-bond acceptors (Lipinski definition) is 4. The maximum absolute atomic E-state index is 12.9. The third-order valence-corrected chi connectivity index (χ3v) is 5.66. The van der Waals surface area contributed by atoms with Gasteiger partial charge in [0.25, 0.3) is 0 Å². The predicted molar refractivity (Wildman–Crippen MR) is 106 cm³/mol. The molecule has 7 heteroatoms. The maximum atomic E-state index is 12.9. The van der Waals surface area contributed by atoms with E-state index in [9.17, 15) is 14.0 Å². The van der Waals surface area contributed by atoms with Gasteiger partial charge in [0.2, 0.25) is 11.8 Å². The molecule has 156 valence electrons. The standard InChI is InChI=1S/C22H28FN3O3/c1-15-20(16(2)29-25-15)13-22(28)26-11-9-17(10-12-26)5-8-21(27)24-14-18-3-6-19(23)7-4-18/h3-4,6-7,17H,5,8-14H2,1-2H3,(H,24,27). The Morgan fingerprint density at radius 1 is 1.21 bits per heavy atom. The highest BCUT2D eigenvalue weighted by molar-refractivity contribution is 5.79. The van der Waals surface area contributed by atoms with Gasteiger partial charge in [-0.2, -0.15) is 0 Å². The summed E-state index contributed by atoms with van der Waals surface area (Å²) in [5.74, 6) is 0.991.